The van der Waals surface area contributed by atoms with Crippen molar-refractivity contribution in [1.82, 2.24) is 4.90 Å². The first kappa shape index (κ1) is 16.6. The number of hydrogen-bond donors (Lipinski definition) is 4. The van der Waals surface area contributed by atoms with Gasteiger partial charge in [-0.15, -0.1) is 0 Å². The van der Waals surface area contributed by atoms with Crippen LogP contribution in [0.1, 0.15) is 30.6 Å². The van der Waals surface area contributed by atoms with Gasteiger partial charge in [-0.25, -0.2) is 0 Å². The smallest absolute Gasteiger partial charge is 0.257 e. The lowest BCUT2D eigenvalue weighted by Crippen LogP contribution is -2.36. The number of nitrogens with zero attached hydrogens (tertiary/aromatic N) is 2. The first-order valence-corrected chi connectivity index (χ1v) is 6.63. The van der Waals surface area contributed by atoms with Crippen molar-refractivity contribution in [1.29, 1.82) is 0 Å². The fourth-order valence-electron chi connectivity index (χ4n) is 1.89. The van der Waals surface area contributed by atoms with E-state index >= 15 is 0 Å². The number of carbonyl (C=O) groups is 1. The summed E-state index contributed by atoms with van der Waals surface area (Å²) in [5.74, 6) is -0.970. The average Bonchev–Trinajstić information content (AvgIpc) is 2.44. The Hall–Kier alpha value is -2.44. The molecule has 0 spiro atoms. The molecule has 5 N–H and O–H groups in total. The zero-order valence-corrected chi connectivity index (χ0v) is 12.2. The second-order valence-electron chi connectivity index (χ2n) is 5.16. The van der Waals surface area contributed by atoms with Crippen LogP contribution in [-0.2, 0) is 0 Å². The number of para-hydroxylation sites is 1. The van der Waals surface area contributed by atoms with E-state index in [0.29, 0.717) is 6.54 Å². The van der Waals surface area contributed by atoms with E-state index < -0.39 is 11.7 Å². The summed E-state index contributed by atoms with van der Waals surface area (Å²) in [6.07, 6.45) is 0.217. The third-order valence-electron chi connectivity index (χ3n) is 2.88. The van der Waals surface area contributed by atoms with E-state index in [-0.39, 0.29) is 36.0 Å². The van der Waals surface area contributed by atoms with E-state index in [2.05, 4.69) is 5.16 Å². The summed E-state index contributed by atoms with van der Waals surface area (Å²) in [6.45, 7) is 4.60. The van der Waals surface area contributed by atoms with Crippen LogP contribution in [0.4, 0.5) is 0 Å². The van der Waals surface area contributed by atoms with E-state index in [1.54, 1.807) is 0 Å². The molecule has 0 bridgehead atoms. The predicted molar refractivity (Wildman–Crippen MR) is 78.5 cm³/mol. The number of hydrogen-bond acceptors (Lipinski definition) is 5. The Kier molecular flexibility index (Phi) is 5.83. The number of rotatable bonds is 6. The molecule has 1 amide bonds. The zero-order chi connectivity index (χ0) is 16.0. The van der Waals surface area contributed by atoms with Crippen LogP contribution in [0.3, 0.4) is 0 Å². The van der Waals surface area contributed by atoms with Crippen LogP contribution in [0.2, 0.25) is 0 Å². The van der Waals surface area contributed by atoms with Gasteiger partial charge in [0.1, 0.15) is 5.84 Å². The van der Waals surface area contributed by atoms with Crippen molar-refractivity contribution in [2.24, 2.45) is 16.8 Å². The molecule has 0 saturated carbocycles. The summed E-state index contributed by atoms with van der Waals surface area (Å²) in [5, 5.41) is 30.7. The van der Waals surface area contributed by atoms with Gasteiger partial charge in [0.2, 0.25) is 0 Å². The Bertz CT molecular complexity index is 529. The molecule has 116 valence electrons. The van der Waals surface area contributed by atoms with Crippen molar-refractivity contribution in [3.63, 3.8) is 0 Å². The molecule has 1 rings (SSSR count). The molecule has 7 heteroatoms. The average molecular weight is 295 g/mol. The normalized spacial score (nSPS) is 11.7. The number of amides is 1. The third kappa shape index (κ3) is 4.55. The maximum absolute atomic E-state index is 12.5. The quantitative estimate of drug-likeness (QED) is 0.207. The van der Waals surface area contributed by atoms with Gasteiger partial charge in [-0.05, 0) is 18.1 Å². The molecule has 1 aromatic rings. The Morgan fingerprint density at radius 3 is 2.62 bits per heavy atom. The van der Waals surface area contributed by atoms with Gasteiger partial charge >= 0.3 is 0 Å². The number of aromatic hydroxyl groups is 2. The predicted octanol–water partition coefficient (Wildman–Crippen LogP) is 1.33. The number of phenols is 2. The first-order chi connectivity index (χ1) is 9.86. The lowest BCUT2D eigenvalue weighted by Gasteiger charge is -2.25. The summed E-state index contributed by atoms with van der Waals surface area (Å²) >= 11 is 0. The maximum atomic E-state index is 12.5. The number of oxime groups is 1. The minimum atomic E-state index is -0.444. The van der Waals surface area contributed by atoms with Crippen molar-refractivity contribution in [3.8, 4) is 11.5 Å². The van der Waals surface area contributed by atoms with Crippen LogP contribution in [0.25, 0.3) is 0 Å². The highest BCUT2D eigenvalue weighted by Gasteiger charge is 2.21. The highest BCUT2D eigenvalue weighted by Crippen LogP contribution is 2.29. The van der Waals surface area contributed by atoms with Crippen molar-refractivity contribution in [2.75, 3.05) is 13.1 Å². The third-order valence-corrected chi connectivity index (χ3v) is 2.88. The number of nitrogens with two attached hydrogens (primary N) is 1. The van der Waals surface area contributed by atoms with Crippen LogP contribution >= 0.6 is 0 Å². The van der Waals surface area contributed by atoms with Gasteiger partial charge in [-0.3, -0.25) is 4.79 Å². The lowest BCUT2D eigenvalue weighted by atomic mass is 10.1. The summed E-state index contributed by atoms with van der Waals surface area (Å²) in [7, 11) is 0. The van der Waals surface area contributed by atoms with E-state index in [4.69, 9.17) is 10.9 Å². The van der Waals surface area contributed by atoms with E-state index in [9.17, 15) is 15.0 Å². The lowest BCUT2D eigenvalue weighted by molar-refractivity contribution is 0.0737. The molecule has 7 nitrogen and oxygen atoms in total. The topological polar surface area (TPSA) is 119 Å². The van der Waals surface area contributed by atoms with E-state index in [1.165, 1.54) is 23.1 Å². The number of amidine groups is 1. The van der Waals surface area contributed by atoms with Crippen LogP contribution in [-0.4, -0.2) is 45.2 Å². The molecule has 0 radical (unpaired) electrons. The molecule has 0 atom stereocenters. The monoisotopic (exact) mass is 295 g/mol. The highest BCUT2D eigenvalue weighted by atomic mass is 16.4. The van der Waals surface area contributed by atoms with Gasteiger partial charge in [-0.1, -0.05) is 25.1 Å². The fraction of sp³-hybridized carbons (Fsp3) is 0.429. The highest BCUT2D eigenvalue weighted by molar-refractivity contribution is 5.97. The second kappa shape index (κ2) is 7.37. The van der Waals surface area contributed by atoms with E-state index in [1.807, 2.05) is 13.8 Å². The Labute approximate surface area is 123 Å². The summed E-state index contributed by atoms with van der Waals surface area (Å²) in [4.78, 5) is 14.0. The molecular formula is C14H21N3O4. The second-order valence-corrected chi connectivity index (χ2v) is 5.16. The van der Waals surface area contributed by atoms with Crippen molar-refractivity contribution >= 4 is 11.7 Å². The summed E-state index contributed by atoms with van der Waals surface area (Å²) in [6, 6.07) is 4.23. The molecule has 0 aliphatic carbocycles. The van der Waals surface area contributed by atoms with Crippen LogP contribution in [0.15, 0.2) is 23.4 Å². The zero-order valence-electron chi connectivity index (χ0n) is 12.2. The minimum Gasteiger partial charge on any atom is -0.504 e. The molecule has 0 saturated heterocycles. The Morgan fingerprint density at radius 1 is 1.38 bits per heavy atom. The van der Waals surface area contributed by atoms with Gasteiger partial charge < -0.3 is 26.1 Å². The first-order valence-electron chi connectivity index (χ1n) is 6.63. The molecule has 1 aromatic carbocycles. The largest absolute Gasteiger partial charge is 0.504 e. The number of phenolic OH excluding ortho intramolecular Hbond substituents is 2. The van der Waals surface area contributed by atoms with Gasteiger partial charge in [0.15, 0.2) is 11.5 Å². The summed E-state index contributed by atoms with van der Waals surface area (Å²) < 4.78 is 0. The minimum absolute atomic E-state index is 0.0233. The van der Waals surface area contributed by atoms with Gasteiger partial charge in [0, 0.05) is 19.5 Å². The SMILES string of the molecule is CC(C)CN(CC/C(N)=N/O)C(=O)c1cccc(O)c1O. The van der Waals surface area contributed by atoms with Crippen molar-refractivity contribution < 1.29 is 20.2 Å². The van der Waals surface area contributed by atoms with Crippen LogP contribution in [0, 0.1) is 5.92 Å². The number of benzene rings is 1. The van der Waals surface area contributed by atoms with E-state index in [0.717, 1.165) is 0 Å². The van der Waals surface area contributed by atoms with Crippen molar-refractivity contribution in [2.45, 2.75) is 20.3 Å². The van der Waals surface area contributed by atoms with Crippen LogP contribution in [0.5, 0.6) is 11.5 Å². The van der Waals surface area contributed by atoms with Gasteiger partial charge in [0.25, 0.3) is 5.91 Å². The molecule has 21 heavy (non-hydrogen) atoms. The van der Waals surface area contributed by atoms with Gasteiger partial charge in [0.05, 0.1) is 5.56 Å². The molecular weight excluding hydrogens is 274 g/mol. The molecule has 0 unspecified atom stereocenters. The molecule has 0 aliphatic rings. The molecule has 0 aromatic heterocycles. The molecule has 0 heterocycles. The summed E-state index contributed by atoms with van der Waals surface area (Å²) in [5.41, 5.74) is 5.44. The van der Waals surface area contributed by atoms with Crippen LogP contribution < -0.4 is 5.73 Å². The molecule has 0 fully saturated rings. The Balaban J connectivity index is 2.96. The molecule has 0 aliphatic heterocycles. The standard InChI is InChI=1S/C14H21N3O4/c1-9(2)8-17(7-6-12(15)16-21)14(20)10-4-3-5-11(18)13(10)19/h3-5,9,18-19,21H,6-8H2,1-2H3,(H2,15,16). The fourth-order valence-corrected chi connectivity index (χ4v) is 1.89. The Morgan fingerprint density at radius 2 is 2.05 bits per heavy atom. The van der Waals surface area contributed by atoms with Gasteiger partial charge in [-0.2, -0.15) is 0 Å². The maximum Gasteiger partial charge on any atom is 0.257 e. The van der Waals surface area contributed by atoms with Crippen molar-refractivity contribution in [3.05, 3.63) is 23.8 Å². The number of carbonyl (C=O) groups excluding carboxylic acids is 1.